The zero-order valence-electron chi connectivity index (χ0n) is 28.8. The molecule has 0 atom stereocenters. The molecular weight excluding hydrogens is 676 g/mol. The average Bonchev–Trinajstić information content (AvgIpc) is 3.34. The summed E-state index contributed by atoms with van der Waals surface area (Å²) in [5.74, 6) is -1.83. The van der Waals surface area contributed by atoms with Crippen LogP contribution in [0.2, 0.25) is 0 Å². The average molecular weight is 719 g/mol. The Kier molecular flexibility index (Phi) is 13.6. The second-order valence-corrected chi connectivity index (χ2v) is 16.2. The molecule has 0 saturated carbocycles. The number of carboxylic acids is 1. The maximum atomic E-state index is 11.7. The Hall–Kier alpha value is -2.84. The van der Waals surface area contributed by atoms with Gasteiger partial charge < -0.3 is 19.1 Å². The molecule has 4 rings (SSSR count). The van der Waals surface area contributed by atoms with Crippen LogP contribution in [0, 0.1) is 0 Å². The first-order valence-corrected chi connectivity index (χ1v) is 19.1. The van der Waals surface area contributed by atoms with Crippen molar-refractivity contribution in [3.05, 3.63) is 107 Å². The summed E-state index contributed by atoms with van der Waals surface area (Å²) in [6.07, 6.45) is 15.1. The van der Waals surface area contributed by atoms with E-state index in [0.717, 1.165) is 28.3 Å². The molecule has 0 spiro atoms. The molecule has 49 heavy (non-hydrogen) atoms. The largest absolute Gasteiger partial charge is 1.00 e. The zero-order valence-corrected chi connectivity index (χ0v) is 32.4. The van der Waals surface area contributed by atoms with Crippen molar-refractivity contribution >= 4 is 43.3 Å². The molecule has 13 heteroatoms. The van der Waals surface area contributed by atoms with Gasteiger partial charge >= 0.3 is 35.5 Å². The van der Waals surface area contributed by atoms with Gasteiger partial charge in [-0.15, -0.1) is 0 Å². The van der Waals surface area contributed by atoms with Crippen LogP contribution in [0.15, 0.2) is 90.7 Å². The maximum absolute atomic E-state index is 11.7. The quantitative estimate of drug-likeness (QED) is 0.0962. The molecule has 2 aromatic carbocycles. The number of carboxylic acid groups (broad SMARTS) is 1. The molecule has 0 aliphatic carbocycles. The fraction of sp³-hybridized carbons (Fsp3) is 0.389. The van der Waals surface area contributed by atoms with Crippen molar-refractivity contribution in [1.82, 2.24) is 0 Å². The van der Waals surface area contributed by atoms with Gasteiger partial charge in [0.05, 0.1) is 31.2 Å². The van der Waals surface area contributed by atoms with Gasteiger partial charge in [-0.2, -0.15) is 4.58 Å². The number of nitrogens with zero attached hydrogens (tertiary/aromatic N) is 2. The number of hydrogen-bond donors (Lipinski definition) is 1. The van der Waals surface area contributed by atoms with E-state index >= 15 is 0 Å². The van der Waals surface area contributed by atoms with Crippen molar-refractivity contribution in [1.29, 1.82) is 0 Å². The molecule has 2 aromatic rings. The van der Waals surface area contributed by atoms with Crippen LogP contribution >= 0.6 is 0 Å². The first-order valence-electron chi connectivity index (χ1n) is 15.9. The van der Waals surface area contributed by atoms with Gasteiger partial charge in [-0.05, 0) is 62.9 Å². The van der Waals surface area contributed by atoms with E-state index in [-0.39, 0.29) is 52.7 Å². The monoisotopic (exact) mass is 718 g/mol. The number of anilines is 1. The van der Waals surface area contributed by atoms with Crippen LogP contribution in [0.3, 0.4) is 0 Å². The number of hydrogen-bond acceptors (Lipinski definition) is 8. The van der Waals surface area contributed by atoms with Crippen LogP contribution in [-0.2, 0) is 31.1 Å². The van der Waals surface area contributed by atoms with Crippen LogP contribution in [0.5, 0.6) is 0 Å². The Balaban J connectivity index is 0.00000650. The predicted octanol–water partition coefficient (Wildman–Crippen LogP) is 2.77. The van der Waals surface area contributed by atoms with Crippen molar-refractivity contribution in [3.8, 4) is 0 Å². The Morgan fingerprint density at radius 2 is 1.43 bits per heavy atom. The second-order valence-electron chi connectivity index (χ2n) is 13.1. The maximum Gasteiger partial charge on any atom is 1.00 e. The first-order chi connectivity index (χ1) is 22.4. The normalized spacial score (nSPS) is 17.8. The van der Waals surface area contributed by atoms with E-state index in [0.29, 0.717) is 32.4 Å². The van der Waals surface area contributed by atoms with E-state index in [1.165, 1.54) is 5.56 Å². The smallest absolute Gasteiger partial charge is 0.748 e. The van der Waals surface area contributed by atoms with Gasteiger partial charge in [0.25, 0.3) is 0 Å². The second kappa shape index (κ2) is 16.5. The fourth-order valence-corrected chi connectivity index (χ4v) is 7.63. The van der Waals surface area contributed by atoms with Crippen molar-refractivity contribution in [3.63, 3.8) is 0 Å². The van der Waals surface area contributed by atoms with E-state index in [1.54, 1.807) is 18.2 Å². The molecule has 0 radical (unpaired) electrons. The SMILES string of the molecule is CC1(C)C(/C=C/C=C/C=C/C=C2/N(CCCCS(=O)(=O)[O-])c3ccc(C(=O)O)cc3C2(C)C)=[N+](CCCCS(=O)(=O)[O-])c2ccccc21.[Na+]. The van der Waals surface area contributed by atoms with Crippen LogP contribution in [0.4, 0.5) is 11.4 Å². The summed E-state index contributed by atoms with van der Waals surface area (Å²) in [7, 11) is -8.55. The molecular formula is C36H43N2NaO8S2. The number of rotatable bonds is 15. The molecule has 258 valence electrons. The van der Waals surface area contributed by atoms with E-state index in [2.05, 4.69) is 35.5 Å². The molecule has 0 saturated heterocycles. The van der Waals surface area contributed by atoms with Gasteiger partial charge in [0.1, 0.15) is 6.54 Å². The molecule has 1 N–H and O–H groups in total. The number of para-hydroxylation sites is 1. The molecule has 0 aromatic heterocycles. The molecule has 10 nitrogen and oxygen atoms in total. The summed E-state index contributed by atoms with van der Waals surface area (Å²) in [6, 6.07) is 13.1. The summed E-state index contributed by atoms with van der Waals surface area (Å²) in [5, 5.41) is 9.57. The van der Waals surface area contributed by atoms with E-state index in [9.17, 15) is 35.8 Å². The van der Waals surface area contributed by atoms with Crippen LogP contribution < -0.4 is 34.5 Å². The number of allylic oxidation sites excluding steroid dienone is 8. The number of fused-ring (bicyclic) bond motifs is 2. The Morgan fingerprint density at radius 1 is 0.816 bits per heavy atom. The van der Waals surface area contributed by atoms with Crippen LogP contribution in [-0.4, -0.2) is 71.9 Å². The van der Waals surface area contributed by atoms with E-state index in [1.807, 2.05) is 68.5 Å². The molecule has 0 bridgehead atoms. The van der Waals surface area contributed by atoms with Gasteiger partial charge in [0.2, 0.25) is 5.69 Å². The summed E-state index contributed by atoms with van der Waals surface area (Å²) in [4.78, 5) is 13.7. The third-order valence-corrected chi connectivity index (χ3v) is 10.5. The minimum absolute atomic E-state index is 0. The topological polar surface area (TPSA) is 158 Å². The third-order valence-electron chi connectivity index (χ3n) is 8.94. The molecule has 2 aliphatic rings. The summed E-state index contributed by atoms with van der Waals surface area (Å²) >= 11 is 0. The zero-order chi connectivity index (χ0) is 35.3. The van der Waals surface area contributed by atoms with Gasteiger partial charge in [0, 0.05) is 59.0 Å². The Labute approximate surface area is 312 Å². The minimum Gasteiger partial charge on any atom is -0.748 e. The molecule has 2 aliphatic heterocycles. The number of unbranched alkanes of at least 4 members (excludes halogenated alkanes) is 2. The summed E-state index contributed by atoms with van der Waals surface area (Å²) in [6.45, 7) is 9.38. The number of aromatic carboxylic acids is 1. The molecule has 0 amide bonds. The Morgan fingerprint density at radius 3 is 2.08 bits per heavy atom. The number of benzene rings is 2. The Bertz CT molecular complexity index is 1920. The van der Waals surface area contributed by atoms with Crippen molar-refractivity contribution in [2.75, 3.05) is 29.5 Å². The molecule has 0 unspecified atom stereocenters. The molecule has 0 fully saturated rings. The van der Waals surface area contributed by atoms with E-state index in [4.69, 9.17) is 0 Å². The number of carbonyl (C=O) groups is 1. The van der Waals surface area contributed by atoms with Gasteiger partial charge in [-0.25, -0.2) is 21.6 Å². The van der Waals surface area contributed by atoms with Crippen LogP contribution in [0.1, 0.15) is 74.9 Å². The van der Waals surface area contributed by atoms with Crippen LogP contribution in [0.25, 0.3) is 0 Å². The first kappa shape index (κ1) is 40.6. The standard InChI is InChI=1S/C36H44N2O8S2.Na/c1-35(2)28-16-10-11-17-30(28)37(22-12-14-24-47(41,42)43)32(35)18-8-6-5-7-9-19-33-36(3,4)29-26-27(34(39)40)20-21-31(29)38(33)23-13-15-25-48(44,45)46;/h5-11,16-21,26H,12-15,22-25H2,1-4H3,(H2-,39,40,41,42,43,44,45,46);/q;+1/p-1. The van der Waals surface area contributed by atoms with Gasteiger partial charge in [-0.3, -0.25) is 0 Å². The predicted molar refractivity (Wildman–Crippen MR) is 186 cm³/mol. The van der Waals surface area contributed by atoms with Crippen molar-refractivity contribution in [2.45, 2.75) is 64.2 Å². The molecule has 2 heterocycles. The summed E-state index contributed by atoms with van der Waals surface area (Å²) < 4.78 is 68.8. The van der Waals surface area contributed by atoms with Crippen molar-refractivity contribution in [2.24, 2.45) is 0 Å². The third kappa shape index (κ3) is 10.1. The minimum atomic E-state index is -4.30. The van der Waals surface area contributed by atoms with Crippen molar-refractivity contribution < 1.29 is 70.0 Å². The van der Waals surface area contributed by atoms with Gasteiger partial charge in [0.15, 0.2) is 5.71 Å². The van der Waals surface area contributed by atoms with E-state index < -0.39 is 37.4 Å². The van der Waals surface area contributed by atoms with Gasteiger partial charge in [-0.1, -0.05) is 62.4 Å². The fourth-order valence-electron chi connectivity index (χ4n) is 6.51. The summed E-state index contributed by atoms with van der Waals surface area (Å²) in [5.41, 5.74) is 5.31.